The van der Waals surface area contributed by atoms with Gasteiger partial charge in [0.05, 0.1) is 20.0 Å². The van der Waals surface area contributed by atoms with Gasteiger partial charge in [-0.3, -0.25) is 0 Å². The molecule has 32 heavy (non-hydrogen) atoms. The highest BCUT2D eigenvalue weighted by Crippen LogP contribution is 2.37. The van der Waals surface area contributed by atoms with Gasteiger partial charge in [0.2, 0.25) is 5.79 Å². The quantitative estimate of drug-likeness (QED) is 0.422. The first-order valence-electron chi connectivity index (χ1n) is 10.2. The van der Waals surface area contributed by atoms with Crippen molar-refractivity contribution in [2.75, 3.05) is 20.3 Å². The lowest BCUT2D eigenvalue weighted by atomic mass is 10.1. The monoisotopic (exact) mass is 433 g/mol. The molecule has 5 rings (SSSR count). The van der Waals surface area contributed by atoms with E-state index < -0.39 is 5.79 Å². The normalized spacial score (nSPS) is 20.3. The molecule has 4 aromatic rings. The average molecular weight is 433 g/mol. The number of aromatic nitrogens is 5. The highest BCUT2D eigenvalue weighted by Gasteiger charge is 2.44. The lowest BCUT2D eigenvalue weighted by Gasteiger charge is -2.28. The zero-order valence-corrected chi connectivity index (χ0v) is 17.6. The molecule has 0 amide bonds. The molecule has 0 aliphatic carbocycles. The maximum Gasteiger partial charge on any atom is 0.215 e. The highest BCUT2D eigenvalue weighted by atomic mass is 16.8. The van der Waals surface area contributed by atoms with E-state index >= 15 is 0 Å². The third-order valence-corrected chi connectivity index (χ3v) is 5.30. The van der Waals surface area contributed by atoms with E-state index in [0.29, 0.717) is 19.8 Å². The van der Waals surface area contributed by atoms with Crippen molar-refractivity contribution in [1.82, 2.24) is 24.3 Å². The number of rotatable bonds is 8. The summed E-state index contributed by atoms with van der Waals surface area (Å²) in [5, 5.41) is 4.22. The number of benzene rings is 2. The van der Waals surface area contributed by atoms with Crippen molar-refractivity contribution in [2.24, 2.45) is 0 Å². The summed E-state index contributed by atoms with van der Waals surface area (Å²) in [6.07, 6.45) is 8.29. The Hall–Kier alpha value is -3.69. The van der Waals surface area contributed by atoms with Crippen LogP contribution in [-0.4, -0.2) is 50.7 Å². The Morgan fingerprint density at radius 3 is 2.53 bits per heavy atom. The molecule has 164 valence electrons. The topological polar surface area (TPSA) is 85.5 Å². The second-order valence-electron chi connectivity index (χ2n) is 7.40. The van der Waals surface area contributed by atoms with Gasteiger partial charge in [0.25, 0.3) is 0 Å². The Kier molecular flexibility index (Phi) is 5.57. The van der Waals surface area contributed by atoms with Crippen LogP contribution >= 0.6 is 0 Å². The van der Waals surface area contributed by atoms with Crippen molar-refractivity contribution in [3.8, 4) is 17.2 Å². The maximum absolute atomic E-state index is 6.40. The number of hydrogen-bond donors (Lipinski definition) is 0. The lowest BCUT2D eigenvalue weighted by Crippen LogP contribution is -2.34. The molecule has 9 heteroatoms. The van der Waals surface area contributed by atoms with E-state index in [1.165, 1.54) is 6.33 Å². The Labute approximate surface area is 185 Å². The van der Waals surface area contributed by atoms with Crippen LogP contribution in [0.3, 0.4) is 0 Å². The molecule has 2 aromatic heterocycles. The van der Waals surface area contributed by atoms with E-state index in [4.69, 9.17) is 18.9 Å². The summed E-state index contributed by atoms with van der Waals surface area (Å²) in [6.45, 7) is 1.13. The van der Waals surface area contributed by atoms with Crippen LogP contribution < -0.4 is 9.47 Å². The van der Waals surface area contributed by atoms with Crippen LogP contribution in [0.1, 0.15) is 5.56 Å². The summed E-state index contributed by atoms with van der Waals surface area (Å²) in [7, 11) is 1.64. The van der Waals surface area contributed by atoms with E-state index in [2.05, 4.69) is 15.1 Å². The van der Waals surface area contributed by atoms with E-state index in [9.17, 15) is 0 Å². The van der Waals surface area contributed by atoms with Gasteiger partial charge in [-0.2, -0.15) is 5.10 Å². The van der Waals surface area contributed by atoms with E-state index in [0.717, 1.165) is 22.7 Å². The maximum atomic E-state index is 6.40. The minimum atomic E-state index is -0.987. The number of ether oxygens (including phenoxy) is 4. The predicted molar refractivity (Wildman–Crippen MR) is 115 cm³/mol. The minimum absolute atomic E-state index is 0.242. The number of methoxy groups -OCH3 is 1. The molecule has 2 atom stereocenters. The van der Waals surface area contributed by atoms with Crippen LogP contribution in [0.15, 0.2) is 79.9 Å². The minimum Gasteiger partial charge on any atom is -0.497 e. The summed E-state index contributed by atoms with van der Waals surface area (Å²) in [5.74, 6) is 0.539. The summed E-state index contributed by atoms with van der Waals surface area (Å²) >= 11 is 0. The third-order valence-electron chi connectivity index (χ3n) is 5.30. The van der Waals surface area contributed by atoms with Crippen LogP contribution in [0.4, 0.5) is 0 Å². The van der Waals surface area contributed by atoms with Gasteiger partial charge in [0, 0.05) is 23.6 Å². The van der Waals surface area contributed by atoms with Gasteiger partial charge in [0.1, 0.15) is 43.4 Å². The fourth-order valence-corrected chi connectivity index (χ4v) is 3.66. The molecule has 0 N–H and O–H groups in total. The van der Waals surface area contributed by atoms with E-state index in [-0.39, 0.29) is 6.10 Å². The van der Waals surface area contributed by atoms with E-state index in [1.807, 2.05) is 59.3 Å². The smallest absolute Gasteiger partial charge is 0.215 e. The fourth-order valence-electron chi connectivity index (χ4n) is 3.66. The summed E-state index contributed by atoms with van der Waals surface area (Å²) in [5.41, 5.74) is 1.89. The van der Waals surface area contributed by atoms with Gasteiger partial charge in [-0.15, -0.1) is 0 Å². The highest BCUT2D eigenvalue weighted by molar-refractivity contribution is 5.37. The summed E-state index contributed by atoms with van der Waals surface area (Å²) < 4.78 is 27.5. The third kappa shape index (κ3) is 4.20. The van der Waals surface area contributed by atoms with Crippen LogP contribution in [-0.2, 0) is 21.8 Å². The second-order valence-corrected chi connectivity index (χ2v) is 7.40. The van der Waals surface area contributed by atoms with Crippen molar-refractivity contribution in [1.29, 1.82) is 0 Å². The molecule has 2 unspecified atom stereocenters. The van der Waals surface area contributed by atoms with Gasteiger partial charge >= 0.3 is 0 Å². The van der Waals surface area contributed by atoms with Crippen LogP contribution in [0, 0.1) is 0 Å². The van der Waals surface area contributed by atoms with Crippen LogP contribution in [0.5, 0.6) is 11.5 Å². The van der Waals surface area contributed by atoms with Crippen molar-refractivity contribution in [3.05, 3.63) is 85.5 Å². The first-order chi connectivity index (χ1) is 15.7. The molecule has 2 aromatic carbocycles. The Bertz CT molecular complexity index is 1110. The van der Waals surface area contributed by atoms with Gasteiger partial charge in [-0.05, 0) is 48.5 Å². The first kappa shape index (κ1) is 20.2. The van der Waals surface area contributed by atoms with Gasteiger partial charge in [-0.25, -0.2) is 14.6 Å². The molecule has 1 saturated heterocycles. The molecule has 9 nitrogen and oxygen atoms in total. The number of hydrogen-bond acceptors (Lipinski definition) is 7. The van der Waals surface area contributed by atoms with Crippen molar-refractivity contribution >= 4 is 0 Å². The van der Waals surface area contributed by atoms with Gasteiger partial charge in [-0.1, -0.05) is 0 Å². The Morgan fingerprint density at radius 2 is 1.84 bits per heavy atom. The average Bonchev–Trinajstić information content (AvgIpc) is 3.62. The number of imidazole rings is 1. The summed E-state index contributed by atoms with van der Waals surface area (Å²) in [4.78, 5) is 8.10. The molecule has 0 radical (unpaired) electrons. The lowest BCUT2D eigenvalue weighted by molar-refractivity contribution is -0.190. The predicted octanol–water partition coefficient (Wildman–Crippen LogP) is 2.82. The second kappa shape index (κ2) is 8.81. The molecule has 1 aliphatic rings. The first-order valence-corrected chi connectivity index (χ1v) is 10.2. The largest absolute Gasteiger partial charge is 0.497 e. The SMILES string of the molecule is COc1ccc(C2(Cn3cncn3)OCC(COc3ccc(-n4ccnc4)cc3)O2)cc1. The molecular weight excluding hydrogens is 410 g/mol. The Balaban J connectivity index is 1.27. The molecule has 1 aliphatic heterocycles. The standard InChI is InChI=1S/C23H23N5O4/c1-29-20-6-2-18(3-7-20)23(14-28-17-25-15-26-28)31-13-22(32-23)12-30-21-8-4-19(5-9-21)27-11-10-24-16-27/h2-11,15-17,22H,12-14H2,1H3. The van der Waals surface area contributed by atoms with Crippen molar-refractivity contribution in [3.63, 3.8) is 0 Å². The van der Waals surface area contributed by atoms with Crippen molar-refractivity contribution < 1.29 is 18.9 Å². The summed E-state index contributed by atoms with van der Waals surface area (Å²) in [6, 6.07) is 15.5. The Morgan fingerprint density at radius 1 is 1.03 bits per heavy atom. The number of nitrogens with zero attached hydrogens (tertiary/aromatic N) is 5. The molecule has 3 heterocycles. The molecule has 0 bridgehead atoms. The van der Waals surface area contributed by atoms with Crippen LogP contribution in [0.25, 0.3) is 5.69 Å². The molecule has 0 saturated carbocycles. The van der Waals surface area contributed by atoms with E-state index in [1.54, 1.807) is 30.6 Å². The molecule has 1 fully saturated rings. The van der Waals surface area contributed by atoms with Gasteiger partial charge < -0.3 is 23.5 Å². The molecular formula is C23H23N5O4. The fraction of sp³-hybridized carbons (Fsp3) is 0.261. The zero-order valence-electron chi connectivity index (χ0n) is 17.6. The molecule has 0 spiro atoms. The zero-order chi connectivity index (χ0) is 21.8. The van der Waals surface area contributed by atoms with Crippen molar-refractivity contribution in [2.45, 2.75) is 18.4 Å². The van der Waals surface area contributed by atoms with Gasteiger partial charge in [0.15, 0.2) is 0 Å². The van der Waals surface area contributed by atoms with Crippen LogP contribution in [0.2, 0.25) is 0 Å².